The SMILES string of the molecule is O=C(C1CN(S(=O)(=O)Cc2ccccc2)c2ccccc2O1)N1CCCC1. The molecule has 1 amide bonds. The van der Waals surface area contributed by atoms with E-state index in [1.807, 2.05) is 18.2 Å². The van der Waals surface area contributed by atoms with Gasteiger partial charge < -0.3 is 9.64 Å². The fourth-order valence-corrected chi connectivity index (χ4v) is 5.18. The van der Waals surface area contributed by atoms with Crippen molar-refractivity contribution in [3.63, 3.8) is 0 Å². The molecule has 2 heterocycles. The summed E-state index contributed by atoms with van der Waals surface area (Å²) in [6.07, 6.45) is 1.14. The predicted molar refractivity (Wildman–Crippen MR) is 103 cm³/mol. The molecule has 0 N–H and O–H groups in total. The number of amides is 1. The average molecular weight is 386 g/mol. The first-order valence-electron chi connectivity index (χ1n) is 9.13. The van der Waals surface area contributed by atoms with E-state index >= 15 is 0 Å². The molecule has 1 fully saturated rings. The minimum absolute atomic E-state index is 0.00150. The summed E-state index contributed by atoms with van der Waals surface area (Å²) in [5.74, 6) is 0.173. The van der Waals surface area contributed by atoms with Gasteiger partial charge in [-0.1, -0.05) is 42.5 Å². The Kier molecular flexibility index (Phi) is 4.78. The Morgan fingerprint density at radius 2 is 1.67 bits per heavy atom. The zero-order valence-electron chi connectivity index (χ0n) is 15.0. The largest absolute Gasteiger partial charge is 0.476 e. The molecule has 1 saturated heterocycles. The molecule has 0 spiro atoms. The van der Waals surface area contributed by atoms with Crippen LogP contribution in [0.4, 0.5) is 5.69 Å². The minimum atomic E-state index is -3.66. The maximum absolute atomic E-state index is 13.2. The summed E-state index contributed by atoms with van der Waals surface area (Å²) < 4.78 is 33.5. The van der Waals surface area contributed by atoms with E-state index in [9.17, 15) is 13.2 Å². The van der Waals surface area contributed by atoms with Crippen molar-refractivity contribution in [2.45, 2.75) is 24.7 Å². The highest BCUT2D eigenvalue weighted by molar-refractivity contribution is 7.92. The van der Waals surface area contributed by atoms with Crippen LogP contribution < -0.4 is 9.04 Å². The fourth-order valence-electron chi connectivity index (χ4n) is 3.60. The van der Waals surface area contributed by atoms with Gasteiger partial charge in [0.05, 0.1) is 18.0 Å². The molecule has 2 aromatic rings. The minimum Gasteiger partial charge on any atom is -0.476 e. The van der Waals surface area contributed by atoms with E-state index in [0.717, 1.165) is 12.8 Å². The van der Waals surface area contributed by atoms with Gasteiger partial charge in [-0.25, -0.2) is 8.42 Å². The molecule has 0 saturated carbocycles. The first-order chi connectivity index (χ1) is 13.0. The second-order valence-electron chi connectivity index (χ2n) is 6.88. The van der Waals surface area contributed by atoms with Gasteiger partial charge in [0.2, 0.25) is 10.0 Å². The van der Waals surface area contributed by atoms with Crippen molar-refractivity contribution in [2.75, 3.05) is 23.9 Å². The molecule has 4 rings (SSSR count). The quantitative estimate of drug-likeness (QED) is 0.809. The Bertz CT molecular complexity index is 924. The van der Waals surface area contributed by atoms with E-state index in [1.54, 1.807) is 41.3 Å². The third-order valence-electron chi connectivity index (χ3n) is 4.96. The summed E-state index contributed by atoms with van der Waals surface area (Å²) in [6, 6.07) is 16.0. The summed E-state index contributed by atoms with van der Waals surface area (Å²) in [4.78, 5) is 14.6. The summed E-state index contributed by atoms with van der Waals surface area (Å²) in [6.45, 7) is 1.41. The van der Waals surface area contributed by atoms with Crippen molar-refractivity contribution in [2.24, 2.45) is 0 Å². The van der Waals surface area contributed by atoms with Gasteiger partial charge >= 0.3 is 0 Å². The molecule has 142 valence electrons. The van der Waals surface area contributed by atoms with Gasteiger partial charge in [-0.3, -0.25) is 9.10 Å². The molecule has 1 atom stereocenters. The lowest BCUT2D eigenvalue weighted by atomic mass is 10.2. The van der Waals surface area contributed by atoms with Crippen LogP contribution in [-0.4, -0.2) is 45.0 Å². The van der Waals surface area contributed by atoms with E-state index in [2.05, 4.69) is 0 Å². The van der Waals surface area contributed by atoms with Crippen LogP contribution >= 0.6 is 0 Å². The number of likely N-dealkylation sites (tertiary alicyclic amines) is 1. The molecule has 2 aliphatic rings. The number of nitrogens with zero attached hydrogens (tertiary/aromatic N) is 2. The highest BCUT2D eigenvalue weighted by Crippen LogP contribution is 2.36. The predicted octanol–water partition coefficient (Wildman–Crippen LogP) is 2.41. The normalized spacial score (nSPS) is 19.5. The Morgan fingerprint density at radius 1 is 1.00 bits per heavy atom. The molecule has 0 aliphatic carbocycles. The number of fused-ring (bicyclic) bond motifs is 1. The van der Waals surface area contributed by atoms with Crippen LogP contribution in [0.5, 0.6) is 5.75 Å². The van der Waals surface area contributed by atoms with E-state index in [1.165, 1.54) is 4.31 Å². The lowest BCUT2D eigenvalue weighted by Gasteiger charge is -2.36. The first kappa shape index (κ1) is 17.9. The van der Waals surface area contributed by atoms with Crippen LogP contribution in [0, 0.1) is 0 Å². The number of rotatable bonds is 4. The maximum atomic E-state index is 13.2. The number of benzene rings is 2. The van der Waals surface area contributed by atoms with E-state index < -0.39 is 16.1 Å². The third-order valence-corrected chi connectivity index (χ3v) is 6.67. The lowest BCUT2D eigenvalue weighted by Crippen LogP contribution is -2.51. The van der Waals surface area contributed by atoms with Crippen molar-refractivity contribution < 1.29 is 17.9 Å². The number of hydrogen-bond donors (Lipinski definition) is 0. The summed E-state index contributed by atoms with van der Waals surface area (Å²) in [5.41, 5.74) is 1.20. The monoisotopic (exact) mass is 386 g/mol. The van der Waals surface area contributed by atoms with E-state index in [4.69, 9.17) is 4.74 Å². The number of sulfonamides is 1. The van der Waals surface area contributed by atoms with Gasteiger partial charge in [-0.05, 0) is 30.5 Å². The topological polar surface area (TPSA) is 66.9 Å². The molecule has 2 aliphatic heterocycles. The standard InChI is InChI=1S/C20H22N2O4S/c23-20(21-12-6-7-13-21)19-14-22(17-10-4-5-11-18(17)26-19)27(24,25)15-16-8-2-1-3-9-16/h1-5,8-11,19H,6-7,12-15H2. The van der Waals surface area contributed by atoms with Crippen LogP contribution in [0.1, 0.15) is 18.4 Å². The molecule has 6 nitrogen and oxygen atoms in total. The molecule has 7 heteroatoms. The van der Waals surface area contributed by atoms with Crippen molar-refractivity contribution in [1.29, 1.82) is 0 Å². The highest BCUT2D eigenvalue weighted by Gasteiger charge is 2.38. The highest BCUT2D eigenvalue weighted by atomic mass is 32.2. The zero-order valence-corrected chi connectivity index (χ0v) is 15.8. The van der Waals surface area contributed by atoms with Crippen LogP contribution in [-0.2, 0) is 20.6 Å². The molecule has 27 heavy (non-hydrogen) atoms. The van der Waals surface area contributed by atoms with Crippen LogP contribution in [0.15, 0.2) is 54.6 Å². The number of ether oxygens (including phenoxy) is 1. The Morgan fingerprint density at radius 3 is 2.41 bits per heavy atom. The average Bonchev–Trinajstić information content (AvgIpc) is 3.21. The third kappa shape index (κ3) is 3.64. The number of anilines is 1. The van der Waals surface area contributed by atoms with Crippen LogP contribution in [0.3, 0.4) is 0 Å². The van der Waals surface area contributed by atoms with Crippen molar-refractivity contribution in [3.05, 3.63) is 60.2 Å². The second-order valence-corrected chi connectivity index (χ2v) is 8.77. The van der Waals surface area contributed by atoms with Crippen LogP contribution in [0.2, 0.25) is 0 Å². The molecule has 0 aromatic heterocycles. The second kappa shape index (κ2) is 7.23. The Balaban J connectivity index is 1.64. The molecule has 0 radical (unpaired) electrons. The molecule has 1 unspecified atom stereocenters. The molecular weight excluding hydrogens is 364 g/mol. The fraction of sp³-hybridized carbons (Fsp3) is 0.350. The van der Waals surface area contributed by atoms with Crippen molar-refractivity contribution in [3.8, 4) is 5.75 Å². The van der Waals surface area contributed by atoms with Gasteiger partial charge in [0.25, 0.3) is 5.91 Å². The van der Waals surface area contributed by atoms with E-state index in [-0.39, 0.29) is 18.2 Å². The van der Waals surface area contributed by atoms with Crippen molar-refractivity contribution in [1.82, 2.24) is 4.90 Å². The number of para-hydroxylation sites is 2. The van der Waals surface area contributed by atoms with Gasteiger partial charge in [0.1, 0.15) is 5.75 Å². The van der Waals surface area contributed by atoms with Gasteiger partial charge in [-0.2, -0.15) is 0 Å². The molecular formula is C20H22N2O4S. The smallest absolute Gasteiger partial charge is 0.265 e. The van der Waals surface area contributed by atoms with E-state index in [0.29, 0.717) is 30.1 Å². The Labute approximate surface area is 159 Å². The number of carbonyl (C=O) groups is 1. The first-order valence-corrected chi connectivity index (χ1v) is 10.7. The number of hydrogen-bond acceptors (Lipinski definition) is 4. The summed E-state index contributed by atoms with van der Waals surface area (Å²) in [7, 11) is -3.66. The lowest BCUT2D eigenvalue weighted by molar-refractivity contribution is -0.137. The zero-order chi connectivity index (χ0) is 18.9. The van der Waals surface area contributed by atoms with Gasteiger partial charge in [0, 0.05) is 13.1 Å². The summed E-state index contributed by atoms with van der Waals surface area (Å²) >= 11 is 0. The maximum Gasteiger partial charge on any atom is 0.265 e. The van der Waals surface area contributed by atoms with Gasteiger partial charge in [-0.15, -0.1) is 0 Å². The van der Waals surface area contributed by atoms with Gasteiger partial charge in [0.15, 0.2) is 6.10 Å². The van der Waals surface area contributed by atoms with Crippen molar-refractivity contribution >= 4 is 21.6 Å². The number of carbonyl (C=O) groups excluding carboxylic acids is 1. The van der Waals surface area contributed by atoms with Crippen LogP contribution in [0.25, 0.3) is 0 Å². The summed E-state index contributed by atoms with van der Waals surface area (Å²) in [5, 5.41) is 0. The molecule has 0 bridgehead atoms. The molecule has 2 aromatic carbocycles. The Hall–Kier alpha value is -2.54.